The Morgan fingerprint density at radius 2 is 2.38 bits per heavy atom. The van der Waals surface area contributed by atoms with Crippen molar-refractivity contribution >= 4 is 5.78 Å². The monoisotopic (exact) mass is 176 g/mol. The number of nitrogens with one attached hydrogen (secondary N) is 1. The number of carbonyl (C=O) groups is 1. The molecule has 0 aliphatic rings. The van der Waals surface area contributed by atoms with E-state index in [4.69, 9.17) is 6.42 Å². The SMILES string of the molecule is C#CCCC(=O)c1ccc(=O)[nH]n1. The van der Waals surface area contributed by atoms with Gasteiger partial charge >= 0.3 is 0 Å². The summed E-state index contributed by atoms with van der Waals surface area (Å²) in [5.74, 6) is 2.20. The molecule has 0 saturated carbocycles. The number of Topliss-reactive ketones (excluding diaryl/α,β-unsaturated/α-hetero) is 1. The zero-order valence-electron chi connectivity index (χ0n) is 6.91. The van der Waals surface area contributed by atoms with Crippen LogP contribution in [0.2, 0.25) is 0 Å². The Morgan fingerprint density at radius 3 is 2.92 bits per heavy atom. The molecule has 66 valence electrons. The summed E-state index contributed by atoms with van der Waals surface area (Å²) in [6.07, 6.45) is 5.65. The second kappa shape index (κ2) is 4.21. The third-order valence-electron chi connectivity index (χ3n) is 1.46. The minimum absolute atomic E-state index is 0.158. The average Bonchev–Trinajstić information content (AvgIpc) is 2.15. The molecule has 0 bridgehead atoms. The topological polar surface area (TPSA) is 62.8 Å². The van der Waals surface area contributed by atoms with Gasteiger partial charge in [0.15, 0.2) is 5.78 Å². The molecule has 0 aliphatic heterocycles. The van der Waals surface area contributed by atoms with E-state index in [9.17, 15) is 9.59 Å². The molecule has 0 aliphatic carbocycles. The third kappa shape index (κ3) is 2.56. The maximum Gasteiger partial charge on any atom is 0.264 e. The summed E-state index contributed by atoms with van der Waals surface area (Å²) in [6, 6.07) is 2.65. The number of aromatic amines is 1. The molecule has 0 aromatic carbocycles. The molecule has 13 heavy (non-hydrogen) atoms. The van der Waals surface area contributed by atoms with Crippen LogP contribution in [0.15, 0.2) is 16.9 Å². The van der Waals surface area contributed by atoms with Gasteiger partial charge in [0, 0.05) is 18.9 Å². The molecule has 0 saturated heterocycles. The predicted molar refractivity (Wildman–Crippen MR) is 47.3 cm³/mol. The molecule has 0 radical (unpaired) electrons. The van der Waals surface area contributed by atoms with Crippen molar-refractivity contribution in [2.24, 2.45) is 0 Å². The summed E-state index contributed by atoms with van der Waals surface area (Å²) in [5, 5.41) is 5.75. The highest BCUT2D eigenvalue weighted by Gasteiger charge is 2.05. The first kappa shape index (κ1) is 9.20. The Balaban J connectivity index is 2.73. The standard InChI is InChI=1S/C9H8N2O2/c1-2-3-4-8(12)7-5-6-9(13)11-10-7/h1,5-6H,3-4H2,(H,11,13). The fraction of sp³-hybridized carbons (Fsp3) is 0.222. The van der Waals surface area contributed by atoms with Crippen molar-refractivity contribution in [3.8, 4) is 12.3 Å². The quantitative estimate of drug-likeness (QED) is 0.534. The molecule has 1 heterocycles. The highest BCUT2D eigenvalue weighted by atomic mass is 16.1. The number of aromatic nitrogens is 2. The van der Waals surface area contributed by atoms with Crippen LogP contribution >= 0.6 is 0 Å². The maximum absolute atomic E-state index is 11.2. The lowest BCUT2D eigenvalue weighted by Crippen LogP contribution is -2.11. The van der Waals surface area contributed by atoms with Gasteiger partial charge in [0.25, 0.3) is 5.56 Å². The molecule has 0 fully saturated rings. The van der Waals surface area contributed by atoms with Gasteiger partial charge in [0.05, 0.1) is 0 Å². The van der Waals surface area contributed by atoms with Gasteiger partial charge in [-0.2, -0.15) is 5.10 Å². The maximum atomic E-state index is 11.2. The highest BCUT2D eigenvalue weighted by Crippen LogP contribution is 1.98. The molecule has 0 unspecified atom stereocenters. The fourth-order valence-corrected chi connectivity index (χ4v) is 0.814. The van der Waals surface area contributed by atoms with Crippen molar-refractivity contribution in [2.45, 2.75) is 12.8 Å². The number of rotatable bonds is 3. The van der Waals surface area contributed by atoms with Crippen LogP contribution in [0.3, 0.4) is 0 Å². The van der Waals surface area contributed by atoms with Crippen molar-refractivity contribution in [3.05, 3.63) is 28.2 Å². The molecule has 1 rings (SSSR count). The van der Waals surface area contributed by atoms with Gasteiger partial charge in [-0.3, -0.25) is 9.59 Å². The van der Waals surface area contributed by atoms with Gasteiger partial charge in [-0.1, -0.05) is 0 Å². The van der Waals surface area contributed by atoms with E-state index in [0.29, 0.717) is 6.42 Å². The van der Waals surface area contributed by atoms with Crippen molar-refractivity contribution in [1.82, 2.24) is 10.2 Å². The lowest BCUT2D eigenvalue weighted by atomic mass is 10.2. The summed E-state index contributed by atoms with van der Waals surface area (Å²) in [6.45, 7) is 0. The largest absolute Gasteiger partial charge is 0.292 e. The minimum atomic E-state index is -0.325. The number of terminal acetylenes is 1. The van der Waals surface area contributed by atoms with E-state index in [0.717, 1.165) is 0 Å². The Bertz CT molecular complexity index is 380. The third-order valence-corrected chi connectivity index (χ3v) is 1.46. The second-order valence-electron chi connectivity index (χ2n) is 2.43. The van der Waals surface area contributed by atoms with Gasteiger partial charge in [0.1, 0.15) is 5.69 Å². The second-order valence-corrected chi connectivity index (χ2v) is 2.43. The summed E-state index contributed by atoms with van der Waals surface area (Å²) < 4.78 is 0. The first-order valence-electron chi connectivity index (χ1n) is 3.76. The van der Waals surface area contributed by atoms with Crippen LogP contribution in [0, 0.1) is 12.3 Å². The van der Waals surface area contributed by atoms with E-state index in [1.54, 1.807) is 0 Å². The van der Waals surface area contributed by atoms with E-state index in [2.05, 4.69) is 16.1 Å². The van der Waals surface area contributed by atoms with Crippen LogP contribution < -0.4 is 5.56 Å². The molecule has 4 heteroatoms. The Labute approximate surface area is 75.0 Å². The van der Waals surface area contributed by atoms with E-state index in [1.165, 1.54) is 12.1 Å². The van der Waals surface area contributed by atoms with E-state index >= 15 is 0 Å². The number of carbonyl (C=O) groups excluding carboxylic acids is 1. The molecule has 1 aromatic heterocycles. The minimum Gasteiger partial charge on any atom is -0.292 e. The zero-order valence-corrected chi connectivity index (χ0v) is 6.91. The molecular weight excluding hydrogens is 168 g/mol. The summed E-state index contributed by atoms with van der Waals surface area (Å²) in [7, 11) is 0. The summed E-state index contributed by atoms with van der Waals surface area (Å²) >= 11 is 0. The van der Waals surface area contributed by atoms with Crippen LogP contribution in [0.4, 0.5) is 0 Å². The number of ketones is 1. The summed E-state index contributed by atoms with van der Waals surface area (Å²) in [5.41, 5.74) is -0.0802. The number of nitrogens with zero attached hydrogens (tertiary/aromatic N) is 1. The fourth-order valence-electron chi connectivity index (χ4n) is 0.814. The van der Waals surface area contributed by atoms with Crippen molar-refractivity contribution in [3.63, 3.8) is 0 Å². The van der Waals surface area contributed by atoms with Gasteiger partial charge in [0.2, 0.25) is 0 Å². The van der Waals surface area contributed by atoms with Crippen LogP contribution in [-0.4, -0.2) is 16.0 Å². The lowest BCUT2D eigenvalue weighted by molar-refractivity contribution is 0.0978. The molecule has 1 N–H and O–H groups in total. The van der Waals surface area contributed by atoms with Crippen LogP contribution in [0.5, 0.6) is 0 Å². The van der Waals surface area contributed by atoms with Crippen LogP contribution in [-0.2, 0) is 0 Å². The van der Waals surface area contributed by atoms with E-state index < -0.39 is 0 Å². The molecular formula is C9H8N2O2. The van der Waals surface area contributed by atoms with Gasteiger partial charge in [-0.25, -0.2) is 5.10 Å². The van der Waals surface area contributed by atoms with Crippen molar-refractivity contribution in [2.75, 3.05) is 0 Å². The molecule has 0 spiro atoms. The normalized spacial score (nSPS) is 9.15. The molecule has 4 nitrogen and oxygen atoms in total. The smallest absolute Gasteiger partial charge is 0.264 e. The molecule has 0 atom stereocenters. The van der Waals surface area contributed by atoms with Gasteiger partial charge in [-0.05, 0) is 6.07 Å². The van der Waals surface area contributed by atoms with Gasteiger partial charge in [-0.15, -0.1) is 12.3 Å². The summed E-state index contributed by atoms with van der Waals surface area (Å²) in [4.78, 5) is 21.8. The Hall–Kier alpha value is -1.89. The van der Waals surface area contributed by atoms with Gasteiger partial charge < -0.3 is 0 Å². The molecule has 0 amide bonds. The highest BCUT2D eigenvalue weighted by molar-refractivity contribution is 5.94. The number of hydrogen-bond acceptors (Lipinski definition) is 3. The first-order valence-corrected chi connectivity index (χ1v) is 3.76. The van der Waals surface area contributed by atoms with E-state index in [1.807, 2.05) is 0 Å². The average molecular weight is 176 g/mol. The van der Waals surface area contributed by atoms with Crippen molar-refractivity contribution in [1.29, 1.82) is 0 Å². The predicted octanol–water partition coefficient (Wildman–Crippen LogP) is 0.366. The van der Waals surface area contributed by atoms with Crippen molar-refractivity contribution < 1.29 is 4.79 Å². The Morgan fingerprint density at radius 1 is 1.62 bits per heavy atom. The first-order chi connectivity index (χ1) is 6.24. The lowest BCUT2D eigenvalue weighted by Gasteiger charge is -1.94. The zero-order chi connectivity index (χ0) is 9.68. The molecule has 1 aromatic rings. The van der Waals surface area contributed by atoms with Crippen LogP contribution in [0.25, 0.3) is 0 Å². The number of hydrogen-bond donors (Lipinski definition) is 1. The van der Waals surface area contributed by atoms with E-state index in [-0.39, 0.29) is 23.5 Å². The Kier molecular flexibility index (Phi) is 2.98. The number of H-pyrrole nitrogens is 1. The van der Waals surface area contributed by atoms with Crippen LogP contribution in [0.1, 0.15) is 23.3 Å².